The van der Waals surface area contributed by atoms with E-state index in [1.54, 1.807) is 0 Å². The molecule has 1 aromatic carbocycles. The monoisotopic (exact) mass is 251 g/mol. The lowest BCUT2D eigenvalue weighted by atomic mass is 10.1. The maximum atomic E-state index is 13.2. The molecule has 96 valence electrons. The third-order valence-electron chi connectivity index (χ3n) is 2.15. The Morgan fingerprint density at radius 2 is 1.59 bits per heavy atom. The Hall–Kier alpha value is -1.30. The second-order valence-corrected chi connectivity index (χ2v) is 4.33. The highest BCUT2D eigenvalue weighted by atomic mass is 19.2. The molecule has 0 heterocycles. The van der Waals surface area contributed by atoms with Gasteiger partial charge in [0, 0.05) is 12.6 Å². The summed E-state index contributed by atoms with van der Waals surface area (Å²) in [5, 5.41) is 11.6. The molecule has 0 aliphatic heterocycles. The van der Waals surface area contributed by atoms with Gasteiger partial charge in [-0.3, -0.25) is 0 Å². The van der Waals surface area contributed by atoms with Crippen molar-refractivity contribution in [1.82, 2.24) is 0 Å². The van der Waals surface area contributed by atoms with Gasteiger partial charge in [0.2, 0.25) is 0 Å². The summed E-state index contributed by atoms with van der Waals surface area (Å²) in [6.07, 6.45) is 0.171. The van der Waals surface area contributed by atoms with Crippen LogP contribution in [0.2, 0.25) is 0 Å². The Morgan fingerprint density at radius 3 is 2.00 bits per heavy atom. The highest BCUT2D eigenvalue weighted by molar-refractivity contribution is 5.47. The van der Waals surface area contributed by atoms with Crippen LogP contribution in [0.25, 0.3) is 0 Å². The summed E-state index contributed by atoms with van der Waals surface area (Å²) in [6, 6.07) is 0.145. The largest absolute Gasteiger partial charge is 0.390 e. The predicted molar refractivity (Wildman–Crippen MR) is 55.7 cm³/mol. The van der Waals surface area contributed by atoms with Crippen LogP contribution in [0.5, 0.6) is 0 Å². The minimum Gasteiger partial charge on any atom is -0.390 e. The van der Waals surface area contributed by atoms with Crippen LogP contribution in [-0.2, 0) is 0 Å². The van der Waals surface area contributed by atoms with Gasteiger partial charge >= 0.3 is 0 Å². The number of hydrogen-bond acceptors (Lipinski definition) is 2. The minimum atomic E-state index is -1.47. The Labute approximate surface area is 96.3 Å². The minimum absolute atomic E-state index is 0.0137. The van der Waals surface area contributed by atoms with E-state index in [0.717, 1.165) is 0 Å². The summed E-state index contributed by atoms with van der Waals surface area (Å²) < 4.78 is 51.9. The lowest BCUT2D eigenvalue weighted by molar-refractivity contribution is 0.0748. The van der Waals surface area contributed by atoms with Crippen molar-refractivity contribution in [2.45, 2.75) is 25.9 Å². The van der Waals surface area contributed by atoms with Gasteiger partial charge in [-0.1, -0.05) is 0 Å². The summed E-state index contributed by atoms with van der Waals surface area (Å²) in [6.45, 7) is 3.00. The molecule has 1 rings (SSSR count). The van der Waals surface area contributed by atoms with Gasteiger partial charge in [0.1, 0.15) is 5.69 Å². The molecule has 0 radical (unpaired) electrons. The fraction of sp³-hybridized carbons (Fsp3) is 0.455. The van der Waals surface area contributed by atoms with Crippen LogP contribution < -0.4 is 5.32 Å². The first-order chi connectivity index (χ1) is 7.72. The molecule has 2 N–H and O–H groups in total. The Morgan fingerprint density at radius 1 is 1.12 bits per heavy atom. The Bertz CT molecular complexity index is 389. The van der Waals surface area contributed by atoms with Crippen molar-refractivity contribution in [2.75, 3.05) is 11.9 Å². The molecule has 0 fully saturated rings. The lowest BCUT2D eigenvalue weighted by Crippen LogP contribution is -2.23. The van der Waals surface area contributed by atoms with Crippen LogP contribution in [0, 0.1) is 23.3 Å². The third kappa shape index (κ3) is 3.59. The molecule has 0 aliphatic rings. The number of rotatable bonds is 4. The molecule has 0 aliphatic carbocycles. The number of nitrogens with one attached hydrogen (secondary N) is 1. The zero-order chi connectivity index (χ0) is 13.2. The van der Waals surface area contributed by atoms with E-state index in [1.165, 1.54) is 13.8 Å². The van der Waals surface area contributed by atoms with Crippen LogP contribution in [0.15, 0.2) is 6.07 Å². The topological polar surface area (TPSA) is 32.3 Å². The van der Waals surface area contributed by atoms with Gasteiger partial charge in [-0.15, -0.1) is 0 Å². The first-order valence-corrected chi connectivity index (χ1v) is 5.01. The average Bonchev–Trinajstić information content (AvgIpc) is 2.19. The molecule has 0 unspecified atom stereocenters. The first kappa shape index (κ1) is 13.8. The van der Waals surface area contributed by atoms with Gasteiger partial charge in [0.15, 0.2) is 23.3 Å². The third-order valence-corrected chi connectivity index (χ3v) is 2.15. The quantitative estimate of drug-likeness (QED) is 0.637. The van der Waals surface area contributed by atoms with Gasteiger partial charge < -0.3 is 10.4 Å². The summed E-state index contributed by atoms with van der Waals surface area (Å²) in [4.78, 5) is 0. The van der Waals surface area contributed by atoms with Crippen LogP contribution >= 0.6 is 0 Å². The van der Waals surface area contributed by atoms with E-state index in [0.29, 0.717) is 0 Å². The smallest absolute Gasteiger partial charge is 0.185 e. The molecule has 0 saturated carbocycles. The van der Waals surface area contributed by atoms with Crippen LogP contribution in [0.3, 0.4) is 0 Å². The second kappa shape index (κ2) is 4.91. The van der Waals surface area contributed by atoms with Crippen molar-refractivity contribution >= 4 is 5.69 Å². The Balaban J connectivity index is 2.84. The standard InChI is InChI=1S/C11H13F4NO/c1-11(2,17)3-4-16-10-8(14)6(12)5-7(13)9(10)15/h5,16-17H,3-4H2,1-2H3. The summed E-state index contributed by atoms with van der Waals surface area (Å²) >= 11 is 0. The van der Waals surface area contributed by atoms with Gasteiger partial charge in [0.05, 0.1) is 5.60 Å². The maximum absolute atomic E-state index is 13.2. The molecule has 0 atom stereocenters. The summed E-state index contributed by atoms with van der Waals surface area (Å²) in [7, 11) is 0. The molecule has 0 amide bonds. The molecule has 0 bridgehead atoms. The predicted octanol–water partition coefficient (Wildman–Crippen LogP) is 2.82. The van der Waals surface area contributed by atoms with E-state index >= 15 is 0 Å². The summed E-state index contributed by atoms with van der Waals surface area (Å²) in [5.74, 6) is -5.87. The van der Waals surface area contributed by atoms with E-state index in [-0.39, 0.29) is 19.0 Å². The van der Waals surface area contributed by atoms with Gasteiger partial charge in [0.25, 0.3) is 0 Å². The second-order valence-electron chi connectivity index (χ2n) is 4.33. The number of aliphatic hydroxyl groups is 1. The van der Waals surface area contributed by atoms with Crippen molar-refractivity contribution in [1.29, 1.82) is 0 Å². The van der Waals surface area contributed by atoms with Crippen molar-refractivity contribution < 1.29 is 22.7 Å². The van der Waals surface area contributed by atoms with Crippen molar-refractivity contribution in [3.05, 3.63) is 29.3 Å². The van der Waals surface area contributed by atoms with Crippen LogP contribution in [0.4, 0.5) is 23.2 Å². The van der Waals surface area contributed by atoms with Gasteiger partial charge in [-0.05, 0) is 20.3 Å². The molecular weight excluding hydrogens is 238 g/mol. The number of halogens is 4. The van der Waals surface area contributed by atoms with Crippen LogP contribution in [0.1, 0.15) is 20.3 Å². The molecule has 1 aromatic rings. The zero-order valence-corrected chi connectivity index (χ0v) is 9.45. The van der Waals surface area contributed by atoms with E-state index < -0.39 is 34.6 Å². The fourth-order valence-electron chi connectivity index (χ4n) is 1.22. The number of anilines is 1. The average molecular weight is 251 g/mol. The summed E-state index contributed by atoms with van der Waals surface area (Å²) in [5.41, 5.74) is -1.89. The van der Waals surface area contributed by atoms with E-state index in [1.807, 2.05) is 0 Å². The SMILES string of the molecule is CC(C)(O)CCNc1c(F)c(F)cc(F)c1F. The first-order valence-electron chi connectivity index (χ1n) is 5.01. The molecule has 17 heavy (non-hydrogen) atoms. The fourth-order valence-corrected chi connectivity index (χ4v) is 1.22. The van der Waals surface area contributed by atoms with E-state index in [2.05, 4.69) is 5.32 Å². The molecular formula is C11H13F4NO. The lowest BCUT2D eigenvalue weighted by Gasteiger charge is -2.18. The van der Waals surface area contributed by atoms with Crippen molar-refractivity contribution in [3.8, 4) is 0 Å². The van der Waals surface area contributed by atoms with Gasteiger partial charge in [-0.25, -0.2) is 17.6 Å². The van der Waals surface area contributed by atoms with Crippen LogP contribution in [-0.4, -0.2) is 17.3 Å². The number of benzene rings is 1. The van der Waals surface area contributed by atoms with E-state index in [9.17, 15) is 22.7 Å². The number of hydrogen-bond donors (Lipinski definition) is 2. The highest BCUT2D eigenvalue weighted by Gasteiger charge is 2.19. The molecule has 2 nitrogen and oxygen atoms in total. The highest BCUT2D eigenvalue weighted by Crippen LogP contribution is 2.24. The normalized spacial score (nSPS) is 11.7. The Kier molecular flexibility index (Phi) is 3.98. The van der Waals surface area contributed by atoms with Gasteiger partial charge in [-0.2, -0.15) is 0 Å². The van der Waals surface area contributed by atoms with Crippen molar-refractivity contribution in [3.63, 3.8) is 0 Å². The molecule has 0 aromatic heterocycles. The van der Waals surface area contributed by atoms with E-state index in [4.69, 9.17) is 0 Å². The molecule has 6 heteroatoms. The zero-order valence-electron chi connectivity index (χ0n) is 9.45. The van der Waals surface area contributed by atoms with Crippen molar-refractivity contribution in [2.24, 2.45) is 0 Å². The molecule has 0 saturated heterocycles. The molecule has 0 spiro atoms. The maximum Gasteiger partial charge on any atom is 0.185 e.